The highest BCUT2D eigenvalue weighted by Gasteiger charge is 2.49. The van der Waals surface area contributed by atoms with Crippen molar-refractivity contribution >= 4 is 22.3 Å². The summed E-state index contributed by atoms with van der Waals surface area (Å²) in [6.45, 7) is 19.6. The lowest BCUT2D eigenvalue weighted by atomic mass is 10.5. The van der Waals surface area contributed by atoms with E-state index in [2.05, 4.69) is 38.8 Å². The summed E-state index contributed by atoms with van der Waals surface area (Å²) in [6.07, 6.45) is 1.91. The largest absolute Gasteiger partial charge is 0.412 e. The predicted molar refractivity (Wildman–Crippen MR) is 89.6 cm³/mol. The van der Waals surface area contributed by atoms with E-state index < -0.39 is 21.6 Å². The molecule has 0 spiro atoms. The molecular weight excluding hydrogens is 286 g/mol. The van der Waals surface area contributed by atoms with Gasteiger partial charge in [0, 0.05) is 11.4 Å². The molecule has 0 heterocycles. The average Bonchev–Trinajstić information content (AvgIpc) is 2.22. The van der Waals surface area contributed by atoms with Crippen molar-refractivity contribution in [1.29, 1.82) is 0 Å². The molecule has 0 rings (SSSR count). The summed E-state index contributed by atoms with van der Waals surface area (Å²) in [5.74, 6) is -0.152. The minimum Gasteiger partial charge on any atom is -0.412 e. The van der Waals surface area contributed by atoms with Gasteiger partial charge in [-0.15, -0.1) is 0 Å². The van der Waals surface area contributed by atoms with Crippen molar-refractivity contribution in [2.45, 2.75) is 64.3 Å². The van der Waals surface area contributed by atoms with Gasteiger partial charge in [-0.25, -0.2) is 0 Å². The van der Waals surface area contributed by atoms with Crippen molar-refractivity contribution in [2.75, 3.05) is 6.17 Å². The molecule has 6 heteroatoms. The van der Waals surface area contributed by atoms with Gasteiger partial charge in [0.05, 0.1) is 5.22 Å². The number of amides is 1. The fourth-order valence-corrected chi connectivity index (χ4v) is 5.93. The van der Waals surface area contributed by atoms with E-state index in [0.29, 0.717) is 6.17 Å². The van der Waals surface area contributed by atoms with E-state index in [1.54, 1.807) is 0 Å². The molecule has 0 aliphatic carbocycles. The number of carbonyl (C=O) groups excluding carboxylic acids is 1. The smallest absolute Gasteiger partial charge is 0.243 e. The molecule has 118 valence electrons. The number of nitrogens with one attached hydrogen (secondary N) is 1. The highest BCUT2D eigenvalue weighted by Crippen LogP contribution is 2.32. The third-order valence-electron chi connectivity index (χ3n) is 4.50. The standard InChI is InChI=1S/C14H31NO3Si2/c1-10-12(16)15-11-19(6,7)14(4,5)18-20(8,9)13(2,3)17/h10,17H,1,11H2,2-9H3,(H,15,16). The van der Waals surface area contributed by atoms with E-state index in [-0.39, 0.29) is 11.1 Å². The lowest BCUT2D eigenvalue weighted by molar-refractivity contribution is -0.116. The minimum absolute atomic E-state index is 0.152. The van der Waals surface area contributed by atoms with Crippen LogP contribution in [0.2, 0.25) is 26.2 Å². The fraction of sp³-hybridized carbons (Fsp3) is 0.786. The molecule has 0 aromatic carbocycles. The Balaban J connectivity index is 5.02. The van der Waals surface area contributed by atoms with E-state index in [9.17, 15) is 9.90 Å². The summed E-state index contributed by atoms with van der Waals surface area (Å²) in [5, 5.41) is 12.0. The van der Waals surface area contributed by atoms with Crippen molar-refractivity contribution in [3.05, 3.63) is 12.7 Å². The third kappa shape index (κ3) is 4.84. The van der Waals surface area contributed by atoms with Gasteiger partial charge in [0.15, 0.2) is 0 Å². The van der Waals surface area contributed by atoms with Crippen LogP contribution in [0, 0.1) is 0 Å². The predicted octanol–water partition coefficient (Wildman–Crippen LogP) is 2.39. The Kier molecular flexibility index (Phi) is 6.00. The molecule has 0 saturated carbocycles. The summed E-state index contributed by atoms with van der Waals surface area (Å²) in [5.41, 5.74) is 0. The second kappa shape index (κ2) is 6.13. The molecule has 20 heavy (non-hydrogen) atoms. The van der Waals surface area contributed by atoms with Crippen molar-refractivity contribution in [3.8, 4) is 0 Å². The zero-order valence-corrected chi connectivity index (χ0v) is 16.3. The molecule has 0 fully saturated rings. The van der Waals surface area contributed by atoms with Crippen LogP contribution < -0.4 is 5.32 Å². The van der Waals surface area contributed by atoms with Crippen LogP contribution in [0.5, 0.6) is 0 Å². The van der Waals surface area contributed by atoms with E-state index in [0.717, 1.165) is 0 Å². The molecule has 0 radical (unpaired) electrons. The van der Waals surface area contributed by atoms with Crippen LogP contribution in [0.25, 0.3) is 0 Å². The summed E-state index contributed by atoms with van der Waals surface area (Å²) < 4.78 is 6.39. The number of carbonyl (C=O) groups is 1. The number of aliphatic hydroxyl groups is 1. The van der Waals surface area contributed by atoms with Gasteiger partial charge in [-0.3, -0.25) is 4.79 Å². The Bertz CT molecular complexity index is 371. The third-order valence-corrected chi connectivity index (χ3v) is 13.1. The molecule has 0 aliphatic heterocycles. The molecule has 0 unspecified atom stereocenters. The monoisotopic (exact) mass is 317 g/mol. The first kappa shape index (κ1) is 19.6. The average molecular weight is 318 g/mol. The summed E-state index contributed by atoms with van der Waals surface area (Å²) in [6, 6.07) is 0. The SMILES string of the molecule is C=CC(=O)NC[Si](C)(C)C(C)(C)O[Si](C)(C)C(C)(C)O. The second-order valence-corrected chi connectivity index (χ2v) is 17.3. The molecule has 1 amide bonds. The maximum Gasteiger partial charge on any atom is 0.243 e. The van der Waals surface area contributed by atoms with Crippen LogP contribution in [0.1, 0.15) is 27.7 Å². The fourth-order valence-electron chi connectivity index (χ4n) is 1.49. The van der Waals surface area contributed by atoms with Crippen LogP contribution in [-0.2, 0) is 9.22 Å². The number of rotatable bonds is 7. The number of hydrogen-bond acceptors (Lipinski definition) is 3. The molecule has 0 aromatic rings. The molecule has 0 aromatic heterocycles. The van der Waals surface area contributed by atoms with Crippen LogP contribution in [0.15, 0.2) is 12.7 Å². The Hall–Kier alpha value is -0.436. The van der Waals surface area contributed by atoms with E-state index >= 15 is 0 Å². The second-order valence-electron chi connectivity index (χ2n) is 7.49. The first-order valence-electron chi connectivity index (χ1n) is 6.99. The van der Waals surface area contributed by atoms with Gasteiger partial charge < -0.3 is 14.8 Å². The van der Waals surface area contributed by atoms with Crippen LogP contribution in [0.4, 0.5) is 0 Å². The molecule has 4 nitrogen and oxygen atoms in total. The highest BCUT2D eigenvalue weighted by atomic mass is 28.4. The van der Waals surface area contributed by atoms with Gasteiger partial charge in [0.1, 0.15) is 8.07 Å². The highest BCUT2D eigenvalue weighted by molar-refractivity contribution is 6.82. The zero-order valence-electron chi connectivity index (χ0n) is 14.3. The molecule has 0 atom stereocenters. The van der Waals surface area contributed by atoms with Crippen LogP contribution >= 0.6 is 0 Å². The zero-order chi connectivity index (χ0) is 16.4. The van der Waals surface area contributed by atoms with Gasteiger partial charge in [-0.2, -0.15) is 0 Å². The van der Waals surface area contributed by atoms with Gasteiger partial charge in [0.25, 0.3) is 0 Å². The lowest BCUT2D eigenvalue weighted by Gasteiger charge is -2.48. The maximum atomic E-state index is 11.4. The maximum absolute atomic E-state index is 11.4. The van der Waals surface area contributed by atoms with E-state index in [4.69, 9.17) is 4.43 Å². The topological polar surface area (TPSA) is 58.6 Å². The van der Waals surface area contributed by atoms with Gasteiger partial charge in [-0.05, 0) is 46.9 Å². The Morgan fingerprint density at radius 3 is 2.05 bits per heavy atom. The quantitative estimate of drug-likeness (QED) is 0.560. The first-order valence-corrected chi connectivity index (χ1v) is 13.1. The normalized spacial score (nSPS) is 14.1. The summed E-state index contributed by atoms with van der Waals surface area (Å²) in [4.78, 5) is 11.4. The van der Waals surface area contributed by atoms with Crippen LogP contribution in [0.3, 0.4) is 0 Å². The summed E-state index contributed by atoms with van der Waals surface area (Å²) in [7, 11) is -4.13. The Morgan fingerprint density at radius 2 is 1.70 bits per heavy atom. The lowest BCUT2D eigenvalue weighted by Crippen LogP contribution is -2.65. The van der Waals surface area contributed by atoms with Gasteiger partial charge in [-0.1, -0.05) is 19.7 Å². The minimum atomic E-state index is -2.26. The van der Waals surface area contributed by atoms with E-state index in [1.165, 1.54) is 6.08 Å². The van der Waals surface area contributed by atoms with Crippen molar-refractivity contribution in [1.82, 2.24) is 5.32 Å². The van der Waals surface area contributed by atoms with Crippen molar-refractivity contribution in [3.63, 3.8) is 0 Å². The molecule has 0 aliphatic rings. The number of hydrogen-bond donors (Lipinski definition) is 2. The van der Waals surface area contributed by atoms with Crippen molar-refractivity contribution in [2.24, 2.45) is 0 Å². The van der Waals surface area contributed by atoms with Gasteiger partial charge >= 0.3 is 0 Å². The summed E-state index contributed by atoms with van der Waals surface area (Å²) >= 11 is 0. The van der Waals surface area contributed by atoms with Gasteiger partial charge in [0.2, 0.25) is 14.2 Å². The van der Waals surface area contributed by atoms with Crippen molar-refractivity contribution < 1.29 is 14.3 Å². The van der Waals surface area contributed by atoms with Crippen LogP contribution in [-0.4, -0.2) is 44.0 Å². The van der Waals surface area contributed by atoms with E-state index in [1.807, 2.05) is 26.9 Å². The molecule has 0 saturated heterocycles. The molecule has 2 N–H and O–H groups in total. The Labute approximate surface area is 125 Å². The molecule has 0 bridgehead atoms. The Morgan fingerprint density at radius 1 is 1.25 bits per heavy atom. The molecular formula is C14H31NO3Si2. The first-order chi connectivity index (χ1) is 8.66.